The number of benzene rings is 1. The van der Waals surface area contributed by atoms with Gasteiger partial charge in [-0.2, -0.15) is 0 Å². The predicted octanol–water partition coefficient (Wildman–Crippen LogP) is 4.61. The first-order chi connectivity index (χ1) is 14.4. The van der Waals surface area contributed by atoms with Crippen molar-refractivity contribution in [3.63, 3.8) is 0 Å². The standard InChI is InChI=1S/C22H24BrNO6/c1-4-7-12-30-20-17(22(27)29-6-3)13-16(21(26)28-5-2)18(24-20)19(25)14-8-10-15(23)11-9-14/h8-11,13H,4-7,12H2,1-3H3. The molecule has 7 nitrogen and oxygen atoms in total. The highest BCUT2D eigenvalue weighted by Gasteiger charge is 2.27. The van der Waals surface area contributed by atoms with Crippen molar-refractivity contribution in [2.75, 3.05) is 19.8 Å². The molecule has 0 spiro atoms. The maximum absolute atomic E-state index is 13.1. The van der Waals surface area contributed by atoms with Crippen molar-refractivity contribution in [3.05, 3.63) is 57.2 Å². The Morgan fingerprint density at radius 1 is 0.933 bits per heavy atom. The van der Waals surface area contributed by atoms with Crippen LogP contribution in [-0.2, 0) is 9.47 Å². The fraction of sp³-hybridized carbons (Fsp3) is 0.364. The minimum Gasteiger partial charge on any atom is -0.477 e. The minimum atomic E-state index is -0.754. The number of carbonyl (C=O) groups is 3. The molecule has 2 rings (SSSR count). The number of ether oxygens (including phenoxy) is 3. The van der Waals surface area contributed by atoms with E-state index < -0.39 is 17.7 Å². The first kappa shape index (κ1) is 23.5. The van der Waals surface area contributed by atoms with Gasteiger partial charge < -0.3 is 14.2 Å². The summed E-state index contributed by atoms with van der Waals surface area (Å²) in [6.07, 6.45) is 1.61. The molecule has 0 radical (unpaired) electrons. The van der Waals surface area contributed by atoms with Gasteiger partial charge >= 0.3 is 11.9 Å². The van der Waals surface area contributed by atoms with Gasteiger partial charge in [-0.25, -0.2) is 14.6 Å². The number of carbonyl (C=O) groups excluding carboxylic acids is 3. The van der Waals surface area contributed by atoms with Crippen molar-refractivity contribution in [1.82, 2.24) is 4.98 Å². The molecule has 0 unspecified atom stereocenters. The van der Waals surface area contributed by atoms with Gasteiger partial charge in [-0.3, -0.25) is 4.79 Å². The molecule has 1 aromatic carbocycles. The Morgan fingerprint density at radius 2 is 1.53 bits per heavy atom. The number of hydrogen-bond donors (Lipinski definition) is 0. The molecule has 8 heteroatoms. The lowest BCUT2D eigenvalue weighted by Gasteiger charge is -2.14. The predicted molar refractivity (Wildman–Crippen MR) is 114 cm³/mol. The van der Waals surface area contributed by atoms with E-state index in [0.29, 0.717) is 12.2 Å². The molecule has 1 aromatic heterocycles. The van der Waals surface area contributed by atoms with Crippen LogP contribution in [0.25, 0.3) is 0 Å². The molecule has 1 heterocycles. The number of esters is 2. The quantitative estimate of drug-likeness (QED) is 0.280. The van der Waals surface area contributed by atoms with Crippen LogP contribution < -0.4 is 4.74 Å². The molecule has 0 fully saturated rings. The van der Waals surface area contributed by atoms with E-state index in [1.807, 2.05) is 6.92 Å². The second kappa shape index (κ2) is 11.4. The van der Waals surface area contributed by atoms with Crippen LogP contribution in [0.15, 0.2) is 34.8 Å². The van der Waals surface area contributed by atoms with Gasteiger partial charge in [0, 0.05) is 10.0 Å². The van der Waals surface area contributed by atoms with E-state index >= 15 is 0 Å². The van der Waals surface area contributed by atoms with E-state index in [1.54, 1.807) is 38.1 Å². The van der Waals surface area contributed by atoms with Crippen molar-refractivity contribution < 1.29 is 28.6 Å². The number of nitrogens with zero attached hydrogens (tertiary/aromatic N) is 1. The molecule has 0 saturated heterocycles. The number of hydrogen-bond acceptors (Lipinski definition) is 7. The average Bonchev–Trinajstić information content (AvgIpc) is 2.74. The number of rotatable bonds is 10. The number of pyridine rings is 1. The van der Waals surface area contributed by atoms with Crippen LogP contribution in [0.4, 0.5) is 0 Å². The third kappa shape index (κ3) is 5.89. The summed E-state index contributed by atoms with van der Waals surface area (Å²) in [4.78, 5) is 42.4. The van der Waals surface area contributed by atoms with Gasteiger partial charge in [0.2, 0.25) is 11.7 Å². The monoisotopic (exact) mass is 477 g/mol. The lowest BCUT2D eigenvalue weighted by atomic mass is 10.0. The summed E-state index contributed by atoms with van der Waals surface area (Å²) in [5.74, 6) is -1.97. The highest BCUT2D eigenvalue weighted by molar-refractivity contribution is 9.10. The molecule has 0 bridgehead atoms. The fourth-order valence-electron chi connectivity index (χ4n) is 2.55. The van der Waals surface area contributed by atoms with E-state index in [9.17, 15) is 14.4 Å². The maximum Gasteiger partial charge on any atom is 0.343 e. The van der Waals surface area contributed by atoms with Crippen LogP contribution in [0, 0.1) is 0 Å². The fourth-order valence-corrected chi connectivity index (χ4v) is 2.81. The van der Waals surface area contributed by atoms with Gasteiger partial charge in [0.05, 0.1) is 25.4 Å². The van der Waals surface area contributed by atoms with Crippen molar-refractivity contribution in [2.24, 2.45) is 0 Å². The third-order valence-corrected chi connectivity index (χ3v) is 4.57. The first-order valence-electron chi connectivity index (χ1n) is 9.75. The normalized spacial score (nSPS) is 10.4. The van der Waals surface area contributed by atoms with Crippen molar-refractivity contribution >= 4 is 33.7 Å². The summed E-state index contributed by atoms with van der Waals surface area (Å²) in [7, 11) is 0. The molecular weight excluding hydrogens is 454 g/mol. The summed E-state index contributed by atoms with van der Waals surface area (Å²) < 4.78 is 16.6. The van der Waals surface area contributed by atoms with Gasteiger partial charge in [0.1, 0.15) is 11.3 Å². The molecule has 0 saturated carbocycles. The number of unbranched alkanes of at least 4 members (excludes halogenated alkanes) is 1. The van der Waals surface area contributed by atoms with Crippen LogP contribution in [0.3, 0.4) is 0 Å². The lowest BCUT2D eigenvalue weighted by molar-refractivity contribution is 0.0517. The molecule has 0 N–H and O–H groups in total. The van der Waals surface area contributed by atoms with E-state index in [-0.39, 0.29) is 35.9 Å². The first-order valence-corrected chi connectivity index (χ1v) is 10.5. The zero-order valence-electron chi connectivity index (χ0n) is 17.2. The highest BCUT2D eigenvalue weighted by atomic mass is 79.9. The Kier molecular flexibility index (Phi) is 8.98. The number of ketones is 1. The Labute approximate surface area is 183 Å². The van der Waals surface area contributed by atoms with Crippen LogP contribution in [0.1, 0.15) is 70.4 Å². The number of halogens is 1. The molecule has 30 heavy (non-hydrogen) atoms. The van der Waals surface area contributed by atoms with Crippen LogP contribution in [0.2, 0.25) is 0 Å². The van der Waals surface area contributed by atoms with Crippen molar-refractivity contribution in [1.29, 1.82) is 0 Å². The summed E-state index contributed by atoms with van der Waals surface area (Å²) in [5, 5.41) is 0. The average molecular weight is 478 g/mol. The van der Waals surface area contributed by atoms with Crippen molar-refractivity contribution in [3.8, 4) is 5.88 Å². The van der Waals surface area contributed by atoms with E-state index in [0.717, 1.165) is 17.3 Å². The van der Waals surface area contributed by atoms with Gasteiger partial charge in [-0.1, -0.05) is 29.3 Å². The Morgan fingerprint density at radius 3 is 2.10 bits per heavy atom. The summed E-state index contributed by atoms with van der Waals surface area (Å²) in [5.41, 5.74) is 0.0500. The molecular formula is C22H24BrNO6. The molecule has 0 aliphatic heterocycles. The van der Waals surface area contributed by atoms with Gasteiger partial charge in [-0.05, 0) is 50.6 Å². The van der Waals surface area contributed by atoms with Crippen molar-refractivity contribution in [2.45, 2.75) is 33.6 Å². The summed E-state index contributed by atoms with van der Waals surface area (Å²) >= 11 is 3.32. The SMILES string of the molecule is CCCCOc1nc(C(=O)c2ccc(Br)cc2)c(C(=O)OCC)cc1C(=O)OCC. The lowest BCUT2D eigenvalue weighted by Crippen LogP contribution is -2.19. The molecule has 0 atom stereocenters. The van der Waals surface area contributed by atoms with Crippen LogP contribution in [0.5, 0.6) is 5.88 Å². The minimum absolute atomic E-state index is 0.0247. The summed E-state index contributed by atoms with van der Waals surface area (Å²) in [6.45, 7) is 5.86. The highest BCUT2D eigenvalue weighted by Crippen LogP contribution is 2.25. The topological polar surface area (TPSA) is 91.8 Å². The third-order valence-electron chi connectivity index (χ3n) is 4.04. The van der Waals surface area contributed by atoms with Gasteiger partial charge in [-0.15, -0.1) is 0 Å². The van der Waals surface area contributed by atoms with Gasteiger partial charge in [0.15, 0.2) is 0 Å². The van der Waals surface area contributed by atoms with E-state index in [2.05, 4.69) is 20.9 Å². The smallest absolute Gasteiger partial charge is 0.343 e. The zero-order valence-corrected chi connectivity index (χ0v) is 18.8. The Hall–Kier alpha value is -2.74. The molecule has 0 aliphatic carbocycles. The van der Waals surface area contributed by atoms with E-state index in [4.69, 9.17) is 14.2 Å². The number of aromatic nitrogens is 1. The second-order valence-corrected chi connectivity index (χ2v) is 7.13. The van der Waals surface area contributed by atoms with E-state index in [1.165, 1.54) is 6.07 Å². The Bertz CT molecular complexity index is 911. The second-order valence-electron chi connectivity index (χ2n) is 6.22. The van der Waals surface area contributed by atoms with Gasteiger partial charge in [0.25, 0.3) is 0 Å². The molecule has 0 amide bonds. The maximum atomic E-state index is 13.1. The molecule has 0 aliphatic rings. The summed E-state index contributed by atoms with van der Waals surface area (Å²) in [6, 6.07) is 7.90. The molecule has 160 valence electrons. The van der Waals surface area contributed by atoms with Crippen LogP contribution >= 0.6 is 15.9 Å². The largest absolute Gasteiger partial charge is 0.477 e. The van der Waals surface area contributed by atoms with Crippen LogP contribution in [-0.4, -0.2) is 42.5 Å². The zero-order chi connectivity index (χ0) is 22.1. The molecule has 2 aromatic rings. The Balaban J connectivity index is 2.62.